The van der Waals surface area contributed by atoms with Gasteiger partial charge in [0.15, 0.2) is 6.10 Å². The second kappa shape index (κ2) is 9.32. The highest BCUT2D eigenvalue weighted by atomic mass is 79.9. The summed E-state index contributed by atoms with van der Waals surface area (Å²) >= 11 is 3.31. The van der Waals surface area contributed by atoms with E-state index in [1.807, 2.05) is 25.1 Å². The number of rotatable bonds is 7. The van der Waals surface area contributed by atoms with Crippen molar-refractivity contribution in [2.75, 3.05) is 10.0 Å². The van der Waals surface area contributed by atoms with Crippen molar-refractivity contribution in [2.24, 2.45) is 0 Å². The third-order valence-corrected chi connectivity index (χ3v) is 6.13. The van der Waals surface area contributed by atoms with E-state index in [1.54, 1.807) is 37.3 Å². The predicted molar refractivity (Wildman–Crippen MR) is 121 cm³/mol. The van der Waals surface area contributed by atoms with Gasteiger partial charge in [0.05, 0.1) is 4.90 Å². The van der Waals surface area contributed by atoms with Crippen molar-refractivity contribution in [1.29, 1.82) is 0 Å². The fraction of sp³-hybridized carbons (Fsp3) is 0.136. The van der Waals surface area contributed by atoms with Crippen LogP contribution < -0.4 is 14.8 Å². The summed E-state index contributed by atoms with van der Waals surface area (Å²) in [6.07, 6.45) is -0.714. The summed E-state index contributed by atoms with van der Waals surface area (Å²) in [5.41, 5.74) is 1.97. The van der Waals surface area contributed by atoms with Crippen LogP contribution in [0.5, 0.6) is 5.75 Å². The highest BCUT2D eigenvalue weighted by Gasteiger charge is 2.17. The molecule has 3 aromatic carbocycles. The van der Waals surface area contributed by atoms with Gasteiger partial charge in [0.25, 0.3) is 15.9 Å². The van der Waals surface area contributed by atoms with Gasteiger partial charge in [-0.05, 0) is 80.1 Å². The van der Waals surface area contributed by atoms with Crippen LogP contribution in [-0.4, -0.2) is 20.4 Å². The smallest absolute Gasteiger partial charge is 0.265 e. The summed E-state index contributed by atoms with van der Waals surface area (Å²) in [4.78, 5) is 12.5. The molecule has 0 fully saturated rings. The van der Waals surface area contributed by atoms with E-state index in [4.69, 9.17) is 4.74 Å². The topological polar surface area (TPSA) is 84.5 Å². The van der Waals surface area contributed by atoms with Crippen LogP contribution in [0.4, 0.5) is 11.4 Å². The van der Waals surface area contributed by atoms with Crippen LogP contribution in [0.3, 0.4) is 0 Å². The van der Waals surface area contributed by atoms with E-state index >= 15 is 0 Å². The third-order valence-electron chi connectivity index (χ3n) is 4.20. The van der Waals surface area contributed by atoms with Gasteiger partial charge in [0, 0.05) is 15.8 Å². The number of hydrogen-bond acceptors (Lipinski definition) is 4. The van der Waals surface area contributed by atoms with Gasteiger partial charge in [0.1, 0.15) is 5.75 Å². The molecule has 2 N–H and O–H groups in total. The fourth-order valence-electron chi connectivity index (χ4n) is 2.64. The van der Waals surface area contributed by atoms with E-state index in [2.05, 4.69) is 26.0 Å². The molecule has 3 rings (SSSR count). The first kappa shape index (κ1) is 21.9. The number of hydrogen-bond donors (Lipinski definition) is 2. The number of sulfonamides is 1. The van der Waals surface area contributed by atoms with Gasteiger partial charge in [-0.15, -0.1) is 0 Å². The Hall–Kier alpha value is -2.84. The van der Waals surface area contributed by atoms with Crippen LogP contribution in [0.25, 0.3) is 0 Å². The number of benzene rings is 3. The maximum atomic E-state index is 12.5. The summed E-state index contributed by atoms with van der Waals surface area (Å²) in [5, 5.41) is 2.73. The summed E-state index contributed by atoms with van der Waals surface area (Å²) in [7, 11) is -3.74. The first-order chi connectivity index (χ1) is 14.2. The lowest BCUT2D eigenvalue weighted by Gasteiger charge is -2.15. The Bertz CT molecular complexity index is 1130. The molecule has 1 amide bonds. The maximum Gasteiger partial charge on any atom is 0.265 e. The summed E-state index contributed by atoms with van der Waals surface area (Å²) in [6, 6.07) is 20.2. The van der Waals surface area contributed by atoms with Crippen LogP contribution >= 0.6 is 15.9 Å². The summed E-state index contributed by atoms with van der Waals surface area (Å²) in [6.45, 7) is 3.59. The number of halogens is 1. The molecule has 0 bridgehead atoms. The molecule has 0 radical (unpaired) electrons. The lowest BCUT2D eigenvalue weighted by molar-refractivity contribution is -0.122. The minimum atomic E-state index is -3.74. The first-order valence-corrected chi connectivity index (χ1v) is 11.4. The van der Waals surface area contributed by atoms with Gasteiger partial charge in [-0.3, -0.25) is 9.52 Å². The number of aryl methyl sites for hydroxylation is 1. The van der Waals surface area contributed by atoms with Crippen LogP contribution in [0.15, 0.2) is 82.2 Å². The molecule has 0 saturated carbocycles. The van der Waals surface area contributed by atoms with Crippen LogP contribution in [0.2, 0.25) is 0 Å². The normalized spacial score (nSPS) is 12.1. The van der Waals surface area contributed by atoms with Crippen molar-refractivity contribution in [2.45, 2.75) is 24.8 Å². The second-order valence-corrected chi connectivity index (χ2v) is 9.30. The predicted octanol–water partition coefficient (Wildman–Crippen LogP) is 4.96. The number of amides is 1. The lowest BCUT2D eigenvalue weighted by Crippen LogP contribution is -2.30. The maximum absolute atomic E-state index is 12.5. The van der Waals surface area contributed by atoms with Gasteiger partial charge in [-0.2, -0.15) is 0 Å². The van der Waals surface area contributed by atoms with Crippen LogP contribution in [0, 0.1) is 6.92 Å². The largest absolute Gasteiger partial charge is 0.481 e. The molecule has 3 aromatic rings. The Morgan fingerprint density at radius 1 is 0.967 bits per heavy atom. The molecular formula is C22H21BrN2O4S. The zero-order valence-corrected chi connectivity index (χ0v) is 18.8. The lowest BCUT2D eigenvalue weighted by atomic mass is 10.2. The quantitative estimate of drug-likeness (QED) is 0.491. The number of anilines is 2. The average Bonchev–Trinajstić information content (AvgIpc) is 2.70. The Balaban J connectivity index is 1.63. The SMILES string of the molecule is Cc1cccc(O[C@@H](C)C(=O)Nc2ccc(S(=O)(=O)Nc3ccc(Br)cc3)cc2)c1. The minimum Gasteiger partial charge on any atom is -0.481 e. The van der Waals surface area contributed by atoms with E-state index in [0.717, 1.165) is 10.0 Å². The van der Waals surface area contributed by atoms with E-state index in [0.29, 0.717) is 17.1 Å². The number of nitrogens with one attached hydrogen (secondary N) is 2. The van der Waals surface area contributed by atoms with Crippen molar-refractivity contribution in [3.8, 4) is 5.75 Å². The van der Waals surface area contributed by atoms with E-state index in [1.165, 1.54) is 24.3 Å². The molecule has 0 aliphatic rings. The number of ether oxygens (including phenoxy) is 1. The van der Waals surface area contributed by atoms with Crippen molar-refractivity contribution < 1.29 is 17.9 Å². The molecule has 0 saturated heterocycles. The van der Waals surface area contributed by atoms with Gasteiger partial charge < -0.3 is 10.1 Å². The Morgan fingerprint density at radius 2 is 1.60 bits per heavy atom. The monoisotopic (exact) mass is 488 g/mol. The molecule has 30 heavy (non-hydrogen) atoms. The molecule has 6 nitrogen and oxygen atoms in total. The highest BCUT2D eigenvalue weighted by Crippen LogP contribution is 2.20. The molecule has 0 spiro atoms. The fourth-order valence-corrected chi connectivity index (χ4v) is 3.96. The summed E-state index contributed by atoms with van der Waals surface area (Å²) < 4.78 is 34.1. The Morgan fingerprint density at radius 3 is 2.23 bits per heavy atom. The highest BCUT2D eigenvalue weighted by molar-refractivity contribution is 9.10. The van der Waals surface area contributed by atoms with E-state index in [-0.39, 0.29) is 10.8 Å². The van der Waals surface area contributed by atoms with E-state index in [9.17, 15) is 13.2 Å². The standard InChI is InChI=1S/C22H21BrN2O4S/c1-15-4-3-5-20(14-15)29-16(2)22(26)24-18-10-12-21(13-11-18)30(27,28)25-19-8-6-17(23)7-9-19/h3-14,16,25H,1-2H3,(H,24,26)/t16-/m0/s1. The Labute approximate surface area is 184 Å². The number of carbonyl (C=O) groups excluding carboxylic acids is 1. The van der Waals surface area contributed by atoms with Crippen LogP contribution in [-0.2, 0) is 14.8 Å². The zero-order chi connectivity index (χ0) is 21.7. The molecule has 8 heteroatoms. The third kappa shape index (κ3) is 5.84. The molecule has 156 valence electrons. The average molecular weight is 489 g/mol. The molecule has 0 aromatic heterocycles. The van der Waals surface area contributed by atoms with Gasteiger partial charge in [-0.1, -0.05) is 28.1 Å². The molecule has 0 unspecified atom stereocenters. The van der Waals surface area contributed by atoms with Crippen molar-refractivity contribution >= 4 is 43.2 Å². The molecule has 1 atom stereocenters. The van der Waals surface area contributed by atoms with Crippen molar-refractivity contribution in [1.82, 2.24) is 0 Å². The van der Waals surface area contributed by atoms with Gasteiger partial charge >= 0.3 is 0 Å². The van der Waals surface area contributed by atoms with E-state index < -0.39 is 16.1 Å². The molecule has 0 heterocycles. The number of carbonyl (C=O) groups is 1. The van der Waals surface area contributed by atoms with Crippen molar-refractivity contribution in [3.63, 3.8) is 0 Å². The second-order valence-electron chi connectivity index (χ2n) is 6.70. The molecular weight excluding hydrogens is 468 g/mol. The summed E-state index contributed by atoms with van der Waals surface area (Å²) in [5.74, 6) is 0.276. The Kier molecular flexibility index (Phi) is 6.79. The van der Waals surface area contributed by atoms with Crippen LogP contribution in [0.1, 0.15) is 12.5 Å². The zero-order valence-electron chi connectivity index (χ0n) is 16.4. The molecule has 0 aliphatic carbocycles. The first-order valence-electron chi connectivity index (χ1n) is 9.15. The minimum absolute atomic E-state index is 0.0903. The van der Waals surface area contributed by atoms with Gasteiger partial charge in [0.2, 0.25) is 0 Å². The molecule has 0 aliphatic heterocycles. The van der Waals surface area contributed by atoms with Gasteiger partial charge in [-0.25, -0.2) is 8.42 Å². The van der Waals surface area contributed by atoms with Crippen molar-refractivity contribution in [3.05, 3.63) is 82.8 Å².